The van der Waals surface area contributed by atoms with E-state index in [0.29, 0.717) is 0 Å². The van der Waals surface area contributed by atoms with Gasteiger partial charge in [-0.25, -0.2) is 8.42 Å². The smallest absolute Gasteiger partial charge is 0.271 e. The summed E-state index contributed by atoms with van der Waals surface area (Å²) in [5.41, 5.74) is -0.705. The molecule has 0 fully saturated rings. The Morgan fingerprint density at radius 3 is 2.68 bits per heavy atom. The second kappa shape index (κ2) is 5.53. The Kier molecular flexibility index (Phi) is 4.29. The Balaban J connectivity index is 3.16. The monoisotopic (exact) mass is 285 g/mol. The normalized spacial score (nSPS) is 12.4. The molecule has 1 aromatic rings. The molecule has 0 aliphatic carbocycles. The summed E-state index contributed by atoms with van der Waals surface area (Å²) in [6.07, 6.45) is 0.0571. The van der Waals surface area contributed by atoms with Crippen molar-refractivity contribution in [2.24, 2.45) is 0 Å². The number of aromatic hydroxyl groups is 1. The molecule has 1 unspecified atom stereocenters. The number of nitriles is 1. The molecule has 0 radical (unpaired) electrons. The number of benzene rings is 1. The Bertz CT molecular complexity index is 635. The van der Waals surface area contributed by atoms with Gasteiger partial charge in [0.25, 0.3) is 5.69 Å². The van der Waals surface area contributed by atoms with Crippen LogP contribution < -0.4 is 4.72 Å². The number of nitro groups is 1. The Morgan fingerprint density at radius 1 is 1.58 bits per heavy atom. The molecule has 102 valence electrons. The van der Waals surface area contributed by atoms with Crippen molar-refractivity contribution in [2.45, 2.75) is 18.6 Å². The van der Waals surface area contributed by atoms with Gasteiger partial charge in [-0.1, -0.05) is 6.92 Å². The summed E-state index contributed by atoms with van der Waals surface area (Å²) in [7, 11) is -4.03. The molecule has 2 N–H and O–H groups in total. The van der Waals surface area contributed by atoms with E-state index in [9.17, 15) is 23.6 Å². The van der Waals surface area contributed by atoms with E-state index in [1.807, 2.05) is 4.72 Å². The zero-order chi connectivity index (χ0) is 14.6. The summed E-state index contributed by atoms with van der Waals surface area (Å²) in [5.74, 6) is -0.457. The minimum absolute atomic E-state index is 0.0571. The number of phenolic OH excluding ortho intramolecular Hbond substituents is 1. The molecule has 0 aromatic heterocycles. The van der Waals surface area contributed by atoms with Gasteiger partial charge in [-0.2, -0.15) is 5.26 Å². The molecule has 0 spiro atoms. The fourth-order valence-corrected chi connectivity index (χ4v) is 2.51. The Hall–Kier alpha value is -2.34. The Labute approximate surface area is 109 Å². The third-order valence-electron chi connectivity index (χ3n) is 2.33. The number of anilines is 1. The molecule has 0 heterocycles. The molecule has 0 bridgehead atoms. The average molecular weight is 285 g/mol. The van der Waals surface area contributed by atoms with Gasteiger partial charge in [0, 0.05) is 12.1 Å². The van der Waals surface area contributed by atoms with Gasteiger partial charge in [0.1, 0.15) is 5.75 Å². The maximum Gasteiger partial charge on any atom is 0.271 e. The van der Waals surface area contributed by atoms with Crippen molar-refractivity contribution >= 4 is 21.4 Å². The van der Waals surface area contributed by atoms with Crippen LogP contribution in [0.15, 0.2) is 18.2 Å². The van der Waals surface area contributed by atoms with Gasteiger partial charge in [-0.15, -0.1) is 0 Å². The molecule has 1 rings (SSSR count). The predicted octanol–water partition coefficient (Wildman–Crippen LogP) is 1.34. The minimum atomic E-state index is -4.03. The quantitative estimate of drug-likeness (QED) is 0.476. The molecule has 19 heavy (non-hydrogen) atoms. The summed E-state index contributed by atoms with van der Waals surface area (Å²) < 4.78 is 25.5. The number of hydrogen-bond donors (Lipinski definition) is 2. The summed E-state index contributed by atoms with van der Waals surface area (Å²) in [6, 6.07) is 4.53. The second-order valence-corrected chi connectivity index (χ2v) is 5.49. The molecular formula is C10H11N3O5S. The molecular weight excluding hydrogens is 274 g/mol. The van der Waals surface area contributed by atoms with Crippen molar-refractivity contribution in [3.8, 4) is 11.8 Å². The van der Waals surface area contributed by atoms with Crippen molar-refractivity contribution in [3.05, 3.63) is 28.3 Å². The number of nitrogens with one attached hydrogen (secondary N) is 1. The van der Waals surface area contributed by atoms with Crippen molar-refractivity contribution in [3.63, 3.8) is 0 Å². The number of sulfonamides is 1. The van der Waals surface area contributed by atoms with Crippen LogP contribution in [0, 0.1) is 21.4 Å². The van der Waals surface area contributed by atoms with Gasteiger partial charge in [0.2, 0.25) is 10.0 Å². The fraction of sp³-hybridized carbons (Fsp3) is 0.300. The van der Waals surface area contributed by atoms with Crippen LogP contribution in [0.5, 0.6) is 5.75 Å². The van der Waals surface area contributed by atoms with E-state index in [2.05, 4.69) is 0 Å². The van der Waals surface area contributed by atoms with Gasteiger partial charge in [-0.3, -0.25) is 14.8 Å². The van der Waals surface area contributed by atoms with Crippen molar-refractivity contribution < 1.29 is 18.4 Å². The molecule has 0 aliphatic rings. The van der Waals surface area contributed by atoms with Crippen LogP contribution in [0.25, 0.3) is 0 Å². The fourth-order valence-electron chi connectivity index (χ4n) is 1.32. The molecule has 9 heteroatoms. The standard InChI is InChI=1S/C10H11N3O5S/c1-2-8(6-11)19(17,18)12-9-5-7(13(15)16)3-4-10(9)14/h3-5,8,12,14H,2H2,1H3. The van der Waals surface area contributed by atoms with E-state index in [4.69, 9.17) is 5.26 Å². The third kappa shape index (κ3) is 3.32. The SMILES string of the molecule is CCC(C#N)S(=O)(=O)Nc1cc([N+](=O)[O-])ccc1O. The zero-order valence-electron chi connectivity index (χ0n) is 9.90. The van der Waals surface area contributed by atoms with Gasteiger partial charge < -0.3 is 5.11 Å². The lowest BCUT2D eigenvalue weighted by molar-refractivity contribution is -0.384. The first-order valence-corrected chi connectivity index (χ1v) is 6.75. The van der Waals surface area contributed by atoms with E-state index in [1.165, 1.54) is 6.92 Å². The van der Waals surface area contributed by atoms with Crippen molar-refractivity contribution in [1.82, 2.24) is 0 Å². The highest BCUT2D eigenvalue weighted by atomic mass is 32.2. The van der Waals surface area contributed by atoms with Crippen LogP contribution in [0.3, 0.4) is 0 Å². The third-order valence-corrected chi connectivity index (χ3v) is 4.02. The topological polar surface area (TPSA) is 133 Å². The molecule has 0 saturated heterocycles. The second-order valence-electron chi connectivity index (χ2n) is 3.63. The van der Waals surface area contributed by atoms with Crippen LogP contribution in [-0.2, 0) is 10.0 Å². The predicted molar refractivity (Wildman–Crippen MR) is 67.0 cm³/mol. The Morgan fingerprint density at radius 2 is 2.21 bits per heavy atom. The highest BCUT2D eigenvalue weighted by Gasteiger charge is 2.25. The molecule has 0 saturated carbocycles. The molecule has 1 atom stereocenters. The van der Waals surface area contributed by atoms with Crippen LogP contribution in [0.2, 0.25) is 0 Å². The number of rotatable bonds is 5. The molecule has 0 amide bonds. The van der Waals surface area contributed by atoms with Crippen LogP contribution in [-0.4, -0.2) is 23.7 Å². The van der Waals surface area contributed by atoms with Crippen LogP contribution in [0.1, 0.15) is 13.3 Å². The van der Waals surface area contributed by atoms with Gasteiger partial charge in [-0.05, 0) is 12.5 Å². The largest absolute Gasteiger partial charge is 0.506 e. The molecule has 1 aromatic carbocycles. The summed E-state index contributed by atoms with van der Waals surface area (Å²) in [4.78, 5) is 9.85. The van der Waals surface area contributed by atoms with Gasteiger partial charge >= 0.3 is 0 Å². The number of hydrogen-bond acceptors (Lipinski definition) is 6. The van der Waals surface area contributed by atoms with Gasteiger partial charge in [0.05, 0.1) is 16.7 Å². The minimum Gasteiger partial charge on any atom is -0.506 e. The number of nitrogens with zero attached hydrogens (tertiary/aromatic N) is 2. The summed E-state index contributed by atoms with van der Waals surface area (Å²) in [5, 5.41) is 27.5. The first-order chi connectivity index (χ1) is 8.81. The zero-order valence-corrected chi connectivity index (χ0v) is 10.7. The van der Waals surface area contributed by atoms with Gasteiger partial charge in [0.15, 0.2) is 5.25 Å². The van der Waals surface area contributed by atoms with Crippen molar-refractivity contribution in [2.75, 3.05) is 4.72 Å². The van der Waals surface area contributed by atoms with E-state index in [0.717, 1.165) is 18.2 Å². The average Bonchev–Trinajstić information content (AvgIpc) is 2.32. The lowest BCUT2D eigenvalue weighted by Crippen LogP contribution is -2.26. The summed E-state index contributed by atoms with van der Waals surface area (Å²) in [6.45, 7) is 1.51. The lowest BCUT2D eigenvalue weighted by Gasteiger charge is -2.12. The van der Waals surface area contributed by atoms with E-state index >= 15 is 0 Å². The first-order valence-electron chi connectivity index (χ1n) is 5.20. The van der Waals surface area contributed by atoms with E-state index < -0.39 is 25.9 Å². The number of non-ortho nitro benzene ring substituents is 1. The van der Waals surface area contributed by atoms with Crippen molar-refractivity contribution in [1.29, 1.82) is 5.26 Å². The van der Waals surface area contributed by atoms with Crippen LogP contribution >= 0.6 is 0 Å². The summed E-state index contributed by atoms with van der Waals surface area (Å²) >= 11 is 0. The first kappa shape index (κ1) is 14.7. The van der Waals surface area contributed by atoms with E-state index in [-0.39, 0.29) is 17.8 Å². The molecule has 8 nitrogen and oxygen atoms in total. The highest BCUT2D eigenvalue weighted by Crippen LogP contribution is 2.29. The maximum absolute atomic E-state index is 11.8. The number of phenols is 1. The van der Waals surface area contributed by atoms with Crippen LogP contribution in [0.4, 0.5) is 11.4 Å². The molecule has 0 aliphatic heterocycles. The number of nitro benzene ring substituents is 1. The highest BCUT2D eigenvalue weighted by molar-refractivity contribution is 7.93. The lowest BCUT2D eigenvalue weighted by atomic mass is 10.2. The van der Waals surface area contributed by atoms with E-state index in [1.54, 1.807) is 6.07 Å². The maximum atomic E-state index is 11.8.